The summed E-state index contributed by atoms with van der Waals surface area (Å²) in [6, 6.07) is 15.6. The van der Waals surface area contributed by atoms with Crippen LogP contribution in [0.2, 0.25) is 5.02 Å². The largest absolute Gasteiger partial charge is 0.306 e. The molecule has 2 aromatic carbocycles. The van der Waals surface area contributed by atoms with Crippen molar-refractivity contribution < 1.29 is 0 Å². The van der Waals surface area contributed by atoms with Crippen LogP contribution >= 0.6 is 11.6 Å². The van der Waals surface area contributed by atoms with Crippen LogP contribution < -0.4 is 5.43 Å². The predicted molar refractivity (Wildman–Crippen MR) is 90.8 cm³/mol. The molecule has 0 aliphatic carbocycles. The van der Waals surface area contributed by atoms with Crippen LogP contribution in [0.25, 0.3) is 5.69 Å². The number of aromatic nitrogens is 2. The third-order valence-corrected chi connectivity index (χ3v) is 3.54. The molecular formula is C17H15ClN4. The molecule has 0 atom stereocenters. The summed E-state index contributed by atoms with van der Waals surface area (Å²) in [6.45, 7) is 1.97. The molecule has 0 unspecified atom stereocenters. The van der Waals surface area contributed by atoms with Gasteiger partial charge in [-0.3, -0.25) is 5.43 Å². The minimum atomic E-state index is 0.710. The smallest absolute Gasteiger partial charge is 0.0991 e. The lowest BCUT2D eigenvalue weighted by Gasteiger charge is -2.06. The van der Waals surface area contributed by atoms with Crippen LogP contribution in [-0.4, -0.2) is 15.3 Å². The molecule has 1 aromatic heterocycles. The van der Waals surface area contributed by atoms with Crippen LogP contribution in [0, 0.1) is 0 Å². The number of rotatable bonds is 4. The number of hydrogen-bond donors (Lipinski definition) is 1. The number of hydrazone groups is 1. The van der Waals surface area contributed by atoms with Gasteiger partial charge in [-0.1, -0.05) is 23.7 Å². The Morgan fingerprint density at radius 1 is 1.09 bits per heavy atom. The number of nitrogens with one attached hydrogen (secondary N) is 1. The molecule has 3 rings (SSSR count). The highest BCUT2D eigenvalue weighted by atomic mass is 35.5. The van der Waals surface area contributed by atoms with E-state index in [1.807, 2.05) is 66.2 Å². The minimum absolute atomic E-state index is 0.710. The van der Waals surface area contributed by atoms with Gasteiger partial charge in [-0.15, -0.1) is 0 Å². The highest BCUT2D eigenvalue weighted by Gasteiger charge is 2.00. The number of anilines is 1. The van der Waals surface area contributed by atoms with Gasteiger partial charge in [0.2, 0.25) is 0 Å². The number of halogens is 1. The Labute approximate surface area is 134 Å². The fourth-order valence-corrected chi connectivity index (χ4v) is 2.15. The van der Waals surface area contributed by atoms with Crippen LogP contribution in [0.15, 0.2) is 72.4 Å². The maximum atomic E-state index is 5.86. The summed E-state index contributed by atoms with van der Waals surface area (Å²) < 4.78 is 1.96. The second-order valence-electron chi connectivity index (χ2n) is 4.83. The maximum absolute atomic E-state index is 5.86. The second kappa shape index (κ2) is 6.45. The lowest BCUT2D eigenvalue weighted by molar-refractivity contribution is 1.06. The number of imidazole rings is 1. The van der Waals surface area contributed by atoms with Crippen LogP contribution in [0.1, 0.15) is 12.5 Å². The molecule has 0 saturated heterocycles. The third kappa shape index (κ3) is 3.35. The van der Waals surface area contributed by atoms with E-state index < -0.39 is 0 Å². The van der Waals surface area contributed by atoms with Crippen molar-refractivity contribution in [2.24, 2.45) is 5.10 Å². The van der Waals surface area contributed by atoms with Crippen molar-refractivity contribution in [3.05, 3.63) is 77.8 Å². The van der Waals surface area contributed by atoms with Gasteiger partial charge in [-0.2, -0.15) is 5.10 Å². The molecule has 0 aliphatic rings. The third-order valence-electron chi connectivity index (χ3n) is 3.28. The number of benzene rings is 2. The molecule has 110 valence electrons. The zero-order chi connectivity index (χ0) is 15.4. The summed E-state index contributed by atoms with van der Waals surface area (Å²) in [6.07, 6.45) is 5.45. The molecule has 4 nitrogen and oxygen atoms in total. The van der Waals surface area contributed by atoms with Crippen molar-refractivity contribution in [2.45, 2.75) is 6.92 Å². The Hall–Kier alpha value is -2.59. The fraction of sp³-hybridized carbons (Fsp3) is 0.0588. The summed E-state index contributed by atoms with van der Waals surface area (Å²) in [5.41, 5.74) is 6.97. The van der Waals surface area contributed by atoms with Gasteiger partial charge < -0.3 is 4.57 Å². The highest BCUT2D eigenvalue weighted by molar-refractivity contribution is 6.30. The van der Waals surface area contributed by atoms with Gasteiger partial charge in [0.25, 0.3) is 0 Å². The molecule has 0 bridgehead atoms. The van der Waals surface area contributed by atoms with E-state index in [1.165, 1.54) is 0 Å². The molecule has 1 N–H and O–H groups in total. The van der Waals surface area contributed by atoms with Gasteiger partial charge in [0.05, 0.1) is 17.7 Å². The molecule has 1 heterocycles. The molecule has 0 radical (unpaired) electrons. The topological polar surface area (TPSA) is 42.2 Å². The van der Waals surface area contributed by atoms with Crippen LogP contribution in [0.5, 0.6) is 0 Å². The molecule has 0 saturated carbocycles. The van der Waals surface area contributed by atoms with Crippen molar-refractivity contribution >= 4 is 23.0 Å². The van der Waals surface area contributed by atoms with Crippen molar-refractivity contribution in [3.8, 4) is 5.69 Å². The Morgan fingerprint density at radius 2 is 1.82 bits per heavy atom. The van der Waals surface area contributed by atoms with E-state index >= 15 is 0 Å². The summed E-state index contributed by atoms with van der Waals surface area (Å²) in [4.78, 5) is 4.05. The zero-order valence-corrected chi connectivity index (χ0v) is 12.8. The molecule has 5 heteroatoms. The fourth-order valence-electron chi connectivity index (χ4n) is 2.02. The van der Waals surface area contributed by atoms with Crippen molar-refractivity contribution in [3.63, 3.8) is 0 Å². The average molecular weight is 311 g/mol. The van der Waals surface area contributed by atoms with Gasteiger partial charge >= 0.3 is 0 Å². The minimum Gasteiger partial charge on any atom is -0.306 e. The lowest BCUT2D eigenvalue weighted by Crippen LogP contribution is -2.00. The number of nitrogens with zero attached hydrogens (tertiary/aromatic N) is 3. The van der Waals surface area contributed by atoms with Crippen LogP contribution in [-0.2, 0) is 0 Å². The Bertz CT molecular complexity index is 759. The van der Waals surface area contributed by atoms with Gasteiger partial charge in [-0.05, 0) is 48.9 Å². The SMILES string of the molecule is C/C(=N\Nc1ccc(Cl)cc1)c1ccc(-n2ccnc2)cc1. The number of hydrogen-bond acceptors (Lipinski definition) is 3. The van der Waals surface area contributed by atoms with Gasteiger partial charge in [0.1, 0.15) is 0 Å². The van der Waals surface area contributed by atoms with Crippen LogP contribution in [0.3, 0.4) is 0 Å². The Balaban J connectivity index is 1.72. The van der Waals surface area contributed by atoms with Gasteiger partial charge in [-0.25, -0.2) is 4.98 Å². The standard InChI is InChI=1S/C17H15ClN4/c1-13(20-21-16-6-4-15(18)5-7-16)14-2-8-17(9-3-14)22-11-10-19-12-22/h2-12,21H,1H3/b20-13+. The summed E-state index contributed by atoms with van der Waals surface area (Å²) >= 11 is 5.86. The molecule has 3 aromatic rings. The predicted octanol–water partition coefficient (Wildman–Crippen LogP) is 4.36. The summed E-state index contributed by atoms with van der Waals surface area (Å²) in [7, 11) is 0. The zero-order valence-electron chi connectivity index (χ0n) is 12.1. The summed E-state index contributed by atoms with van der Waals surface area (Å²) in [5, 5.41) is 5.10. The second-order valence-corrected chi connectivity index (χ2v) is 5.27. The molecule has 0 aliphatic heterocycles. The monoisotopic (exact) mass is 310 g/mol. The maximum Gasteiger partial charge on any atom is 0.0991 e. The van der Waals surface area contributed by atoms with Gasteiger partial charge in [0.15, 0.2) is 0 Å². The normalized spacial score (nSPS) is 11.5. The Morgan fingerprint density at radius 3 is 2.45 bits per heavy atom. The first-order valence-electron chi connectivity index (χ1n) is 6.87. The van der Waals surface area contributed by atoms with Crippen LogP contribution in [0.4, 0.5) is 5.69 Å². The van der Waals surface area contributed by atoms with Crippen molar-refractivity contribution in [2.75, 3.05) is 5.43 Å². The quantitative estimate of drug-likeness (QED) is 0.574. The molecule has 0 amide bonds. The lowest BCUT2D eigenvalue weighted by atomic mass is 10.1. The van der Waals surface area contributed by atoms with Crippen molar-refractivity contribution in [1.82, 2.24) is 9.55 Å². The van der Waals surface area contributed by atoms with E-state index in [-0.39, 0.29) is 0 Å². The van der Waals surface area contributed by atoms with E-state index in [4.69, 9.17) is 11.6 Å². The van der Waals surface area contributed by atoms with E-state index in [2.05, 4.69) is 15.5 Å². The first kappa shape index (κ1) is 14.4. The highest BCUT2D eigenvalue weighted by Crippen LogP contribution is 2.14. The first-order chi connectivity index (χ1) is 10.7. The van der Waals surface area contributed by atoms with E-state index in [1.54, 1.807) is 12.5 Å². The summed E-state index contributed by atoms with van der Waals surface area (Å²) in [5.74, 6) is 0. The molecule has 0 spiro atoms. The molecule has 0 fully saturated rings. The van der Waals surface area contributed by atoms with Gasteiger partial charge in [0, 0.05) is 23.1 Å². The molecular weight excluding hydrogens is 296 g/mol. The molecule has 22 heavy (non-hydrogen) atoms. The first-order valence-corrected chi connectivity index (χ1v) is 7.25. The van der Waals surface area contributed by atoms with E-state index in [0.29, 0.717) is 5.02 Å². The van der Waals surface area contributed by atoms with Crippen molar-refractivity contribution in [1.29, 1.82) is 0 Å². The Kier molecular flexibility index (Phi) is 4.21. The van der Waals surface area contributed by atoms with E-state index in [0.717, 1.165) is 22.6 Å². The average Bonchev–Trinajstić information content (AvgIpc) is 3.09. The van der Waals surface area contributed by atoms with E-state index in [9.17, 15) is 0 Å².